The summed E-state index contributed by atoms with van der Waals surface area (Å²) in [5, 5.41) is 5.44. The molecule has 0 aliphatic carbocycles. The van der Waals surface area contributed by atoms with Gasteiger partial charge in [-0.2, -0.15) is 0 Å². The summed E-state index contributed by atoms with van der Waals surface area (Å²) >= 11 is 0. The second kappa shape index (κ2) is 8.01. The van der Waals surface area contributed by atoms with Crippen LogP contribution in [0.4, 0.5) is 26.2 Å². The Kier molecular flexibility index (Phi) is 5.53. The predicted octanol–water partition coefficient (Wildman–Crippen LogP) is 5.02. The summed E-state index contributed by atoms with van der Waals surface area (Å²) in [5.41, 5.74) is 2.98. The molecule has 4 nitrogen and oxygen atoms in total. The fourth-order valence-electron chi connectivity index (χ4n) is 3.09. The number of carbonyl (C=O) groups excluding carboxylic acids is 1. The molecule has 0 bridgehead atoms. The Bertz CT molecular complexity index is 724. The quantitative estimate of drug-likeness (QED) is 0.820. The van der Waals surface area contributed by atoms with Crippen LogP contribution in [0.15, 0.2) is 42.5 Å². The fourth-order valence-corrected chi connectivity index (χ4v) is 3.09. The maximum atomic E-state index is 14.4. The molecule has 2 N–H and O–H groups in total. The minimum atomic E-state index is -0.380. The summed E-state index contributed by atoms with van der Waals surface area (Å²) in [5.74, 6) is -0.299. The lowest BCUT2D eigenvalue weighted by Gasteiger charge is -2.29. The van der Waals surface area contributed by atoms with Crippen LogP contribution in [0.1, 0.15) is 31.7 Å². The normalized spacial score (nSPS) is 14.2. The summed E-state index contributed by atoms with van der Waals surface area (Å²) in [7, 11) is 0. The number of amides is 2. The van der Waals surface area contributed by atoms with E-state index in [1.165, 1.54) is 18.1 Å². The van der Waals surface area contributed by atoms with E-state index in [1.54, 1.807) is 12.1 Å². The molecule has 0 spiro atoms. The molecule has 1 saturated heterocycles. The molecule has 2 aromatic carbocycles. The van der Waals surface area contributed by atoms with Gasteiger partial charge in [-0.25, -0.2) is 9.18 Å². The summed E-state index contributed by atoms with van der Waals surface area (Å²) in [6, 6.07) is 12.2. The maximum Gasteiger partial charge on any atom is 0.323 e. The van der Waals surface area contributed by atoms with Crippen molar-refractivity contribution in [1.29, 1.82) is 0 Å². The van der Waals surface area contributed by atoms with Crippen molar-refractivity contribution in [2.24, 2.45) is 0 Å². The van der Waals surface area contributed by atoms with Gasteiger partial charge in [0.25, 0.3) is 0 Å². The van der Waals surface area contributed by atoms with Gasteiger partial charge in [0.1, 0.15) is 5.82 Å². The minimum absolute atomic E-state index is 0.299. The first-order chi connectivity index (χ1) is 12.2. The zero-order chi connectivity index (χ0) is 17.6. The highest BCUT2D eigenvalue weighted by Gasteiger charge is 2.15. The van der Waals surface area contributed by atoms with Crippen LogP contribution in [0.5, 0.6) is 0 Å². The lowest BCUT2D eigenvalue weighted by molar-refractivity contribution is 0.262. The molecule has 1 aliphatic heterocycles. The average Bonchev–Trinajstić information content (AvgIpc) is 2.63. The molecular weight excluding hydrogens is 317 g/mol. The number of hydrogen-bond acceptors (Lipinski definition) is 2. The zero-order valence-electron chi connectivity index (χ0n) is 14.5. The lowest BCUT2D eigenvalue weighted by atomic mass is 10.1. The monoisotopic (exact) mass is 341 g/mol. The highest BCUT2D eigenvalue weighted by atomic mass is 19.1. The van der Waals surface area contributed by atoms with E-state index in [1.807, 2.05) is 24.3 Å². The van der Waals surface area contributed by atoms with Crippen LogP contribution in [0, 0.1) is 5.82 Å². The minimum Gasteiger partial charge on any atom is -0.369 e. The first kappa shape index (κ1) is 17.3. The average molecular weight is 341 g/mol. The Hall–Kier alpha value is -2.56. The first-order valence-corrected chi connectivity index (χ1v) is 8.87. The molecular formula is C20H24FN3O. The van der Waals surface area contributed by atoms with Crippen molar-refractivity contribution in [2.45, 2.75) is 32.6 Å². The highest BCUT2D eigenvalue weighted by molar-refractivity contribution is 5.99. The summed E-state index contributed by atoms with van der Waals surface area (Å²) in [4.78, 5) is 14.1. The summed E-state index contributed by atoms with van der Waals surface area (Å²) in [6.45, 7) is 3.85. The first-order valence-electron chi connectivity index (χ1n) is 8.87. The van der Waals surface area contributed by atoms with Crippen LogP contribution in [-0.2, 0) is 6.42 Å². The number of benzene rings is 2. The van der Waals surface area contributed by atoms with Crippen LogP contribution < -0.4 is 15.5 Å². The zero-order valence-corrected chi connectivity index (χ0v) is 14.5. The summed E-state index contributed by atoms with van der Waals surface area (Å²) in [6.07, 6.45) is 4.35. The number of hydrogen-bond donors (Lipinski definition) is 2. The highest BCUT2D eigenvalue weighted by Crippen LogP contribution is 2.25. The van der Waals surface area contributed by atoms with Gasteiger partial charge >= 0.3 is 6.03 Å². The Morgan fingerprint density at radius 2 is 1.64 bits per heavy atom. The second-order valence-corrected chi connectivity index (χ2v) is 6.34. The second-order valence-electron chi connectivity index (χ2n) is 6.34. The third-order valence-electron chi connectivity index (χ3n) is 4.52. The van der Waals surface area contributed by atoms with Gasteiger partial charge < -0.3 is 15.5 Å². The predicted molar refractivity (Wildman–Crippen MR) is 101 cm³/mol. The van der Waals surface area contributed by atoms with E-state index >= 15 is 0 Å². The number of nitrogens with one attached hydrogen (secondary N) is 2. The topological polar surface area (TPSA) is 44.4 Å². The number of urea groups is 1. The smallest absolute Gasteiger partial charge is 0.323 e. The van der Waals surface area contributed by atoms with Crippen LogP contribution >= 0.6 is 0 Å². The lowest BCUT2D eigenvalue weighted by Crippen LogP contribution is -2.30. The molecule has 2 aromatic rings. The third-order valence-corrected chi connectivity index (χ3v) is 4.52. The Balaban J connectivity index is 1.61. The van der Waals surface area contributed by atoms with Gasteiger partial charge in [0.05, 0.1) is 5.69 Å². The molecule has 3 rings (SSSR count). The number of anilines is 3. The van der Waals surface area contributed by atoms with E-state index in [0.29, 0.717) is 17.1 Å². The van der Waals surface area contributed by atoms with Gasteiger partial charge in [-0.1, -0.05) is 19.1 Å². The van der Waals surface area contributed by atoms with Crippen LogP contribution in [0.2, 0.25) is 0 Å². The third kappa shape index (κ3) is 4.50. The van der Waals surface area contributed by atoms with Crippen molar-refractivity contribution >= 4 is 23.1 Å². The molecule has 1 fully saturated rings. The van der Waals surface area contributed by atoms with Crippen molar-refractivity contribution in [2.75, 3.05) is 28.6 Å². The van der Waals surface area contributed by atoms with Gasteiger partial charge in [-0.15, -0.1) is 0 Å². The Morgan fingerprint density at radius 1 is 1.00 bits per heavy atom. The molecule has 25 heavy (non-hydrogen) atoms. The van der Waals surface area contributed by atoms with E-state index in [0.717, 1.165) is 32.4 Å². The molecule has 132 valence electrons. The van der Waals surface area contributed by atoms with Gasteiger partial charge in [0.2, 0.25) is 0 Å². The fraction of sp³-hybridized carbons (Fsp3) is 0.350. The van der Waals surface area contributed by atoms with Crippen molar-refractivity contribution in [1.82, 2.24) is 0 Å². The maximum absolute atomic E-state index is 14.4. The summed E-state index contributed by atoms with van der Waals surface area (Å²) < 4.78 is 14.4. The van der Waals surface area contributed by atoms with Crippen LogP contribution in [0.25, 0.3) is 0 Å². The molecule has 0 atom stereocenters. The van der Waals surface area contributed by atoms with Crippen molar-refractivity contribution < 1.29 is 9.18 Å². The van der Waals surface area contributed by atoms with E-state index < -0.39 is 0 Å². The van der Waals surface area contributed by atoms with Gasteiger partial charge in [-0.05, 0) is 61.6 Å². The molecule has 0 unspecified atom stereocenters. The molecule has 2 amide bonds. The molecule has 0 radical (unpaired) electrons. The molecule has 0 saturated carbocycles. The van der Waals surface area contributed by atoms with E-state index in [4.69, 9.17) is 0 Å². The number of nitrogens with zero attached hydrogens (tertiary/aromatic N) is 1. The molecule has 5 heteroatoms. The van der Waals surface area contributed by atoms with Gasteiger partial charge in [0, 0.05) is 24.5 Å². The number of rotatable bonds is 4. The Morgan fingerprint density at radius 3 is 2.28 bits per heavy atom. The van der Waals surface area contributed by atoms with Crippen molar-refractivity contribution in [3.63, 3.8) is 0 Å². The van der Waals surface area contributed by atoms with Crippen molar-refractivity contribution in [3.05, 3.63) is 53.8 Å². The number of carbonyl (C=O) groups is 1. The van der Waals surface area contributed by atoms with E-state index in [9.17, 15) is 9.18 Å². The van der Waals surface area contributed by atoms with Gasteiger partial charge in [0.15, 0.2) is 0 Å². The van der Waals surface area contributed by atoms with E-state index in [-0.39, 0.29) is 11.8 Å². The SMILES string of the molecule is CCc1ccc(NC(=O)Nc2ccc(N3CCCCC3)c(F)c2)cc1. The van der Waals surface area contributed by atoms with Crippen molar-refractivity contribution in [3.8, 4) is 0 Å². The number of aryl methyl sites for hydroxylation is 1. The number of halogens is 1. The largest absolute Gasteiger partial charge is 0.369 e. The van der Waals surface area contributed by atoms with Gasteiger partial charge in [-0.3, -0.25) is 0 Å². The van der Waals surface area contributed by atoms with Crippen LogP contribution in [0.3, 0.4) is 0 Å². The van der Waals surface area contributed by atoms with Crippen LogP contribution in [-0.4, -0.2) is 19.1 Å². The van der Waals surface area contributed by atoms with E-state index in [2.05, 4.69) is 22.5 Å². The standard InChI is InChI=1S/C20H24FN3O/c1-2-15-6-8-16(9-7-15)22-20(25)23-17-10-11-19(18(21)14-17)24-12-4-3-5-13-24/h6-11,14H,2-5,12-13H2,1H3,(H2,22,23,25). The Labute approximate surface area is 148 Å². The number of piperidine rings is 1. The molecule has 1 heterocycles. The molecule has 1 aliphatic rings. The molecule has 0 aromatic heterocycles.